The number of nitrogens with one attached hydrogen (secondary N) is 1. The minimum absolute atomic E-state index is 0.132. The third-order valence-electron chi connectivity index (χ3n) is 5.02. The van der Waals surface area contributed by atoms with Crippen LogP contribution in [0.25, 0.3) is 0 Å². The number of quaternary nitrogens is 1. The number of benzene rings is 2. The molecule has 1 saturated heterocycles. The molecule has 3 nitrogen and oxygen atoms in total. The highest BCUT2D eigenvalue weighted by molar-refractivity contribution is 5.31. The maximum Gasteiger partial charge on any atom is 0.126 e. The van der Waals surface area contributed by atoms with Gasteiger partial charge in [-0.15, -0.1) is 0 Å². The van der Waals surface area contributed by atoms with Gasteiger partial charge >= 0.3 is 0 Å². The van der Waals surface area contributed by atoms with Crippen molar-refractivity contribution < 1.29 is 14.7 Å². The smallest absolute Gasteiger partial charge is 0.126 e. The van der Waals surface area contributed by atoms with Gasteiger partial charge in [0, 0.05) is 0 Å². The van der Waals surface area contributed by atoms with Crippen molar-refractivity contribution in [2.45, 2.75) is 38.4 Å². The summed E-state index contributed by atoms with van der Waals surface area (Å²) in [4.78, 5) is 1.51. The van der Waals surface area contributed by atoms with Crippen molar-refractivity contribution in [2.75, 3.05) is 26.2 Å². The Bertz CT molecular complexity index is 620. The summed E-state index contributed by atoms with van der Waals surface area (Å²) in [6.45, 7) is 5.61. The summed E-state index contributed by atoms with van der Waals surface area (Å²) < 4.78 is 6.19. The Morgan fingerprint density at radius 3 is 2.24 bits per heavy atom. The standard InChI is InChI=1S/C22H29NO2/c1-18-10-12-20(13-11-18)22(19-8-4-2-5-9-19)25-17-21(24)16-23-14-6-3-7-15-23/h2,4-5,8-13,21-22,24H,3,6-7,14-17H2,1H3/p+1/t21-,22-/m1/s1. The molecule has 0 unspecified atom stereocenters. The molecule has 1 aliphatic heterocycles. The summed E-state index contributed by atoms with van der Waals surface area (Å²) >= 11 is 0. The topological polar surface area (TPSA) is 33.9 Å². The van der Waals surface area contributed by atoms with Gasteiger partial charge < -0.3 is 14.7 Å². The second-order valence-corrected chi connectivity index (χ2v) is 7.20. The molecule has 0 amide bonds. The largest absolute Gasteiger partial charge is 0.385 e. The summed E-state index contributed by atoms with van der Waals surface area (Å²) in [6.07, 6.45) is 3.34. The molecule has 2 aromatic rings. The average molecular weight is 340 g/mol. The molecule has 134 valence electrons. The number of likely N-dealkylation sites (tertiary alicyclic amines) is 1. The number of aliphatic hydroxyl groups excluding tert-OH is 1. The Kier molecular flexibility index (Phi) is 6.62. The van der Waals surface area contributed by atoms with Crippen LogP contribution in [0, 0.1) is 6.92 Å². The molecule has 0 aromatic heterocycles. The number of hydrogen-bond donors (Lipinski definition) is 2. The Labute approximate surface area is 151 Å². The van der Waals surface area contributed by atoms with E-state index >= 15 is 0 Å². The number of aryl methyl sites for hydroxylation is 1. The molecule has 25 heavy (non-hydrogen) atoms. The van der Waals surface area contributed by atoms with Gasteiger partial charge in [-0.05, 0) is 37.3 Å². The van der Waals surface area contributed by atoms with Gasteiger partial charge in [0.1, 0.15) is 18.8 Å². The number of rotatable bonds is 7. The molecule has 0 radical (unpaired) electrons. The first-order valence-electron chi connectivity index (χ1n) is 9.47. The van der Waals surface area contributed by atoms with E-state index in [0.29, 0.717) is 6.61 Å². The fraction of sp³-hybridized carbons (Fsp3) is 0.455. The van der Waals surface area contributed by atoms with Crippen molar-refractivity contribution in [1.82, 2.24) is 0 Å². The van der Waals surface area contributed by atoms with E-state index in [1.807, 2.05) is 18.2 Å². The number of ether oxygens (including phenoxy) is 1. The second-order valence-electron chi connectivity index (χ2n) is 7.20. The molecular formula is C22H30NO2+. The highest BCUT2D eigenvalue weighted by Gasteiger charge is 2.21. The molecule has 1 aliphatic rings. The van der Waals surface area contributed by atoms with Crippen LogP contribution in [0.2, 0.25) is 0 Å². The van der Waals surface area contributed by atoms with Crippen molar-refractivity contribution in [2.24, 2.45) is 0 Å². The van der Waals surface area contributed by atoms with E-state index in [1.54, 1.807) is 0 Å². The first-order chi connectivity index (χ1) is 12.2. The molecule has 0 bridgehead atoms. The summed E-state index contributed by atoms with van der Waals surface area (Å²) in [5.41, 5.74) is 3.50. The molecule has 1 heterocycles. The molecule has 1 fully saturated rings. The molecule has 3 rings (SSSR count). The minimum atomic E-state index is -0.412. The van der Waals surface area contributed by atoms with Crippen LogP contribution in [-0.4, -0.2) is 37.5 Å². The lowest BCUT2D eigenvalue weighted by atomic mass is 10.0. The predicted molar refractivity (Wildman–Crippen MR) is 101 cm³/mol. The maximum atomic E-state index is 10.4. The second kappa shape index (κ2) is 9.14. The van der Waals surface area contributed by atoms with E-state index in [0.717, 1.165) is 17.7 Å². The lowest BCUT2D eigenvalue weighted by Crippen LogP contribution is -3.14. The first kappa shape index (κ1) is 18.1. The van der Waals surface area contributed by atoms with Crippen LogP contribution in [0.5, 0.6) is 0 Å². The van der Waals surface area contributed by atoms with Gasteiger partial charge in [0.2, 0.25) is 0 Å². The maximum absolute atomic E-state index is 10.4. The van der Waals surface area contributed by atoms with Crippen molar-refractivity contribution in [3.63, 3.8) is 0 Å². The number of hydrogen-bond acceptors (Lipinski definition) is 2. The van der Waals surface area contributed by atoms with Crippen molar-refractivity contribution in [3.05, 3.63) is 71.3 Å². The molecule has 2 aromatic carbocycles. The minimum Gasteiger partial charge on any atom is -0.385 e. The number of piperidine rings is 1. The van der Waals surface area contributed by atoms with Gasteiger partial charge in [0.05, 0.1) is 19.7 Å². The Morgan fingerprint density at radius 2 is 1.56 bits per heavy atom. The summed E-state index contributed by atoms with van der Waals surface area (Å²) in [5, 5.41) is 10.4. The zero-order chi connectivity index (χ0) is 17.5. The van der Waals surface area contributed by atoms with Crippen LogP contribution in [0.1, 0.15) is 42.1 Å². The highest BCUT2D eigenvalue weighted by Crippen LogP contribution is 2.26. The normalized spacial score (nSPS) is 18.0. The van der Waals surface area contributed by atoms with Gasteiger partial charge in [-0.1, -0.05) is 60.2 Å². The van der Waals surface area contributed by atoms with Crippen molar-refractivity contribution in [1.29, 1.82) is 0 Å². The highest BCUT2D eigenvalue weighted by atomic mass is 16.5. The Morgan fingerprint density at radius 1 is 0.920 bits per heavy atom. The van der Waals surface area contributed by atoms with Crippen LogP contribution >= 0.6 is 0 Å². The quantitative estimate of drug-likeness (QED) is 0.812. The van der Waals surface area contributed by atoms with E-state index in [1.165, 1.54) is 42.8 Å². The summed E-state index contributed by atoms with van der Waals surface area (Å²) in [7, 11) is 0. The molecule has 0 saturated carbocycles. The summed E-state index contributed by atoms with van der Waals surface area (Å²) in [5.74, 6) is 0. The van der Waals surface area contributed by atoms with Gasteiger partial charge in [0.15, 0.2) is 0 Å². The number of aliphatic hydroxyl groups is 1. The van der Waals surface area contributed by atoms with Gasteiger partial charge in [-0.3, -0.25) is 0 Å². The first-order valence-corrected chi connectivity index (χ1v) is 9.47. The predicted octanol–water partition coefficient (Wildman–Crippen LogP) is 2.53. The molecule has 2 N–H and O–H groups in total. The van der Waals surface area contributed by atoms with Gasteiger partial charge in [0.25, 0.3) is 0 Å². The zero-order valence-electron chi connectivity index (χ0n) is 15.2. The Balaban J connectivity index is 1.64. The third-order valence-corrected chi connectivity index (χ3v) is 5.02. The Hall–Kier alpha value is -1.68. The van der Waals surface area contributed by atoms with E-state index in [-0.39, 0.29) is 6.10 Å². The zero-order valence-corrected chi connectivity index (χ0v) is 15.2. The average Bonchev–Trinajstić information content (AvgIpc) is 2.65. The van der Waals surface area contributed by atoms with Crippen LogP contribution in [-0.2, 0) is 4.74 Å². The van der Waals surface area contributed by atoms with E-state index < -0.39 is 6.10 Å². The molecule has 0 aliphatic carbocycles. The van der Waals surface area contributed by atoms with Crippen LogP contribution in [0.3, 0.4) is 0 Å². The SMILES string of the molecule is Cc1ccc([C@H](OC[C@H](O)C[NH+]2CCCCC2)c2ccccc2)cc1. The van der Waals surface area contributed by atoms with E-state index in [9.17, 15) is 5.11 Å². The van der Waals surface area contributed by atoms with Crippen molar-refractivity contribution in [3.8, 4) is 0 Å². The summed E-state index contributed by atoms with van der Waals surface area (Å²) in [6, 6.07) is 18.7. The van der Waals surface area contributed by atoms with Crippen molar-refractivity contribution >= 4 is 0 Å². The molecule has 3 heteroatoms. The molecule has 0 spiro atoms. The van der Waals surface area contributed by atoms with Crippen LogP contribution < -0.4 is 4.90 Å². The fourth-order valence-electron chi connectivity index (χ4n) is 3.61. The monoisotopic (exact) mass is 340 g/mol. The van der Waals surface area contributed by atoms with Crippen LogP contribution in [0.4, 0.5) is 0 Å². The van der Waals surface area contributed by atoms with Gasteiger partial charge in [-0.25, -0.2) is 0 Å². The fourth-order valence-corrected chi connectivity index (χ4v) is 3.61. The third kappa shape index (κ3) is 5.40. The van der Waals surface area contributed by atoms with Gasteiger partial charge in [-0.2, -0.15) is 0 Å². The lowest BCUT2D eigenvalue weighted by Gasteiger charge is -2.27. The molecule has 2 atom stereocenters. The van der Waals surface area contributed by atoms with Crippen LogP contribution in [0.15, 0.2) is 54.6 Å². The molecular weight excluding hydrogens is 310 g/mol. The van der Waals surface area contributed by atoms with E-state index in [2.05, 4.69) is 43.3 Å². The van der Waals surface area contributed by atoms with E-state index in [4.69, 9.17) is 4.74 Å². The lowest BCUT2D eigenvalue weighted by molar-refractivity contribution is -0.908.